The summed E-state index contributed by atoms with van der Waals surface area (Å²) in [5.74, 6) is -0.489. The molecule has 0 fully saturated rings. The summed E-state index contributed by atoms with van der Waals surface area (Å²) in [6, 6.07) is 0. The SMILES string of the molecule is CCCCCCCCCCCCCCCCCCCC(=O)O[C@H](COC(=O)CCCCCCCCCCCCCCC)COP(=O)(O)OC[C@H](O)COP(=O)(O)OC[C@@H](COC(=O)CCCCCCCCCCCCCCCCC(C)C)OC(=O)CCCCCCCCCCCCCCCCCCC(C)C. The molecule has 0 radical (unpaired) electrons. The lowest BCUT2D eigenvalue weighted by atomic mass is 10.0. The summed E-state index contributed by atoms with van der Waals surface area (Å²) in [5.41, 5.74) is 0. The van der Waals surface area contributed by atoms with Gasteiger partial charge in [0.15, 0.2) is 12.2 Å². The predicted molar refractivity (Wildman–Crippen MR) is 437 cm³/mol. The van der Waals surface area contributed by atoms with E-state index in [1.54, 1.807) is 0 Å². The number of aliphatic hydroxyl groups excluding tert-OH is 1. The Balaban J connectivity index is 5.27. The van der Waals surface area contributed by atoms with Gasteiger partial charge in [-0.3, -0.25) is 37.3 Å². The van der Waals surface area contributed by atoms with E-state index in [2.05, 4.69) is 41.5 Å². The van der Waals surface area contributed by atoms with Gasteiger partial charge >= 0.3 is 39.5 Å². The molecule has 0 rings (SSSR count). The van der Waals surface area contributed by atoms with Crippen LogP contribution in [0.25, 0.3) is 0 Å². The lowest BCUT2D eigenvalue weighted by Crippen LogP contribution is -2.30. The van der Waals surface area contributed by atoms with Gasteiger partial charge in [0.1, 0.15) is 19.3 Å². The Morgan fingerprint density at radius 3 is 0.642 bits per heavy atom. The highest BCUT2D eigenvalue weighted by molar-refractivity contribution is 7.47. The Morgan fingerprint density at radius 1 is 0.255 bits per heavy atom. The van der Waals surface area contributed by atoms with Gasteiger partial charge in [0.25, 0.3) is 0 Å². The first kappa shape index (κ1) is 104. The maximum absolute atomic E-state index is 13.2. The summed E-state index contributed by atoms with van der Waals surface area (Å²) in [7, 11) is -9.93. The maximum Gasteiger partial charge on any atom is 0.472 e. The van der Waals surface area contributed by atoms with Crippen LogP contribution in [0.1, 0.15) is 465 Å². The number of rotatable bonds is 86. The number of aliphatic hydroxyl groups is 1. The number of esters is 4. The average molecular weight is 1550 g/mol. The van der Waals surface area contributed by atoms with Crippen molar-refractivity contribution >= 4 is 39.5 Å². The number of hydrogen-bond acceptors (Lipinski definition) is 15. The van der Waals surface area contributed by atoms with E-state index >= 15 is 0 Å². The van der Waals surface area contributed by atoms with E-state index in [1.165, 1.54) is 283 Å². The van der Waals surface area contributed by atoms with E-state index in [-0.39, 0.29) is 25.7 Å². The first-order chi connectivity index (χ1) is 51.4. The van der Waals surface area contributed by atoms with Crippen molar-refractivity contribution in [3.05, 3.63) is 0 Å². The summed E-state index contributed by atoms with van der Waals surface area (Å²) in [6.07, 6.45) is 70.6. The molecule has 0 spiro atoms. The van der Waals surface area contributed by atoms with Crippen LogP contribution in [0, 0.1) is 11.8 Å². The molecule has 0 amide bonds. The van der Waals surface area contributed by atoms with Gasteiger partial charge in [-0.05, 0) is 37.5 Å². The highest BCUT2D eigenvalue weighted by atomic mass is 31.2. The van der Waals surface area contributed by atoms with Crippen molar-refractivity contribution in [2.45, 2.75) is 484 Å². The minimum Gasteiger partial charge on any atom is -0.462 e. The fourth-order valence-corrected chi connectivity index (χ4v) is 15.2. The van der Waals surface area contributed by atoms with Crippen molar-refractivity contribution < 1.29 is 80.2 Å². The Kier molecular flexibility index (Phi) is 76.9. The van der Waals surface area contributed by atoms with Gasteiger partial charge in [0, 0.05) is 25.7 Å². The number of ether oxygens (including phenoxy) is 4. The molecule has 19 heteroatoms. The first-order valence-electron chi connectivity index (χ1n) is 45.0. The number of unbranched alkanes of at least 4 members (excludes halogenated alkanes) is 56. The standard InChI is InChI=1S/C87H170O17P2/c1-7-9-11-13-15-17-19-21-22-23-27-35-41-47-53-59-65-71-86(91)103-82(75-97-84(89)69-63-57-51-45-39-31-20-18-16-14-12-10-8-2)77-101-105(93,94)99-73-81(88)74-100-106(95,96)102-78-83(76-98-85(90)70-64-58-52-46-40-34-30-29-33-38-44-50-56-62-68-80(5)6)104-87(92)72-66-60-54-48-42-36-28-25-24-26-32-37-43-49-55-61-67-79(3)4/h79-83,88H,7-78H2,1-6H3,(H,93,94)(H,95,96)/t81-,82+,83+/m0/s1. The van der Waals surface area contributed by atoms with Crippen LogP contribution < -0.4 is 0 Å². The summed E-state index contributed by atoms with van der Waals surface area (Å²) >= 11 is 0. The Hall–Kier alpha value is -1.94. The molecule has 3 N–H and O–H groups in total. The van der Waals surface area contributed by atoms with Crippen molar-refractivity contribution in [2.24, 2.45) is 11.8 Å². The van der Waals surface area contributed by atoms with Gasteiger partial charge in [0.2, 0.25) is 0 Å². The lowest BCUT2D eigenvalue weighted by molar-refractivity contribution is -0.161. The van der Waals surface area contributed by atoms with Crippen LogP contribution in [0.4, 0.5) is 0 Å². The molecule has 0 aromatic rings. The van der Waals surface area contributed by atoms with Crippen LogP contribution in [-0.4, -0.2) is 96.7 Å². The zero-order chi connectivity index (χ0) is 77.8. The summed E-state index contributed by atoms with van der Waals surface area (Å²) in [5, 5.41) is 10.7. The highest BCUT2D eigenvalue weighted by Gasteiger charge is 2.30. The third-order valence-electron chi connectivity index (χ3n) is 20.5. The molecule has 0 heterocycles. The molecule has 5 atom stereocenters. The Bertz CT molecular complexity index is 2030. The van der Waals surface area contributed by atoms with E-state index < -0.39 is 97.5 Å². The topological polar surface area (TPSA) is 237 Å². The molecule has 106 heavy (non-hydrogen) atoms. The number of phosphoric acid groups is 2. The van der Waals surface area contributed by atoms with Crippen molar-refractivity contribution in [2.75, 3.05) is 39.6 Å². The average Bonchev–Trinajstić information content (AvgIpc) is 0.919. The highest BCUT2D eigenvalue weighted by Crippen LogP contribution is 2.45. The number of hydrogen-bond donors (Lipinski definition) is 3. The fourth-order valence-electron chi connectivity index (χ4n) is 13.6. The molecule has 0 saturated heterocycles. The van der Waals surface area contributed by atoms with E-state index in [4.69, 9.17) is 37.0 Å². The molecule has 630 valence electrons. The summed E-state index contributed by atoms with van der Waals surface area (Å²) < 4.78 is 69.0. The number of phosphoric ester groups is 2. The lowest BCUT2D eigenvalue weighted by Gasteiger charge is -2.21. The van der Waals surface area contributed by atoms with E-state index in [0.29, 0.717) is 25.7 Å². The summed E-state index contributed by atoms with van der Waals surface area (Å²) in [6.45, 7) is 9.74. The van der Waals surface area contributed by atoms with E-state index in [9.17, 15) is 43.2 Å². The van der Waals surface area contributed by atoms with Gasteiger partial charge < -0.3 is 33.8 Å². The molecular weight excluding hydrogens is 1380 g/mol. The van der Waals surface area contributed by atoms with E-state index in [1.807, 2.05) is 0 Å². The molecule has 0 aliphatic rings. The Morgan fingerprint density at radius 2 is 0.434 bits per heavy atom. The minimum atomic E-state index is -4.97. The molecule has 0 saturated carbocycles. The van der Waals surface area contributed by atoms with Gasteiger partial charge in [0.05, 0.1) is 26.4 Å². The quantitative estimate of drug-likeness (QED) is 0.0222. The third-order valence-corrected chi connectivity index (χ3v) is 22.4. The van der Waals surface area contributed by atoms with Crippen LogP contribution in [0.3, 0.4) is 0 Å². The van der Waals surface area contributed by atoms with Crippen LogP contribution in [-0.2, 0) is 65.4 Å². The fraction of sp³-hybridized carbons (Fsp3) is 0.954. The Labute approximate surface area is 651 Å². The smallest absolute Gasteiger partial charge is 0.462 e. The van der Waals surface area contributed by atoms with Crippen molar-refractivity contribution in [3.63, 3.8) is 0 Å². The molecule has 0 aromatic heterocycles. The van der Waals surface area contributed by atoms with Crippen LogP contribution in [0.2, 0.25) is 0 Å². The third kappa shape index (κ3) is 80.1. The molecule has 2 unspecified atom stereocenters. The van der Waals surface area contributed by atoms with Gasteiger partial charge in [-0.1, -0.05) is 414 Å². The zero-order valence-electron chi connectivity index (χ0n) is 69.7. The first-order valence-corrected chi connectivity index (χ1v) is 48.0. The minimum absolute atomic E-state index is 0.109. The molecule has 0 aromatic carbocycles. The second-order valence-electron chi connectivity index (χ2n) is 32.2. The van der Waals surface area contributed by atoms with E-state index in [0.717, 1.165) is 102 Å². The van der Waals surface area contributed by atoms with Crippen LogP contribution in [0.15, 0.2) is 0 Å². The maximum atomic E-state index is 13.2. The molecule has 0 bridgehead atoms. The van der Waals surface area contributed by atoms with Crippen LogP contribution in [0.5, 0.6) is 0 Å². The number of carbonyl (C=O) groups excluding carboxylic acids is 4. The van der Waals surface area contributed by atoms with Crippen molar-refractivity contribution in [1.82, 2.24) is 0 Å². The molecule has 0 aliphatic carbocycles. The van der Waals surface area contributed by atoms with Crippen molar-refractivity contribution in [1.29, 1.82) is 0 Å². The van der Waals surface area contributed by atoms with Gasteiger partial charge in [-0.2, -0.15) is 0 Å². The van der Waals surface area contributed by atoms with Crippen LogP contribution >= 0.6 is 15.6 Å². The second-order valence-corrected chi connectivity index (χ2v) is 35.1. The van der Waals surface area contributed by atoms with Gasteiger partial charge in [-0.25, -0.2) is 9.13 Å². The normalized spacial score (nSPS) is 13.8. The largest absolute Gasteiger partial charge is 0.472 e. The summed E-state index contributed by atoms with van der Waals surface area (Å²) in [4.78, 5) is 73.3. The van der Waals surface area contributed by atoms with Gasteiger partial charge in [-0.15, -0.1) is 0 Å². The predicted octanol–water partition coefficient (Wildman–Crippen LogP) is 26.6. The molecule has 0 aliphatic heterocycles. The second kappa shape index (κ2) is 78.3. The molecular formula is C87H170O17P2. The monoisotopic (exact) mass is 1550 g/mol. The number of carbonyl (C=O) groups is 4. The molecule has 17 nitrogen and oxygen atoms in total. The zero-order valence-corrected chi connectivity index (χ0v) is 71.5. The van der Waals surface area contributed by atoms with Crippen molar-refractivity contribution in [3.8, 4) is 0 Å².